The number of nitrogens with one attached hydrogen (secondary N) is 1. The lowest BCUT2D eigenvalue weighted by Gasteiger charge is -2.07. The minimum absolute atomic E-state index is 0.235. The molecule has 2 amide bonds. The Labute approximate surface area is 147 Å². The molecule has 0 saturated carbocycles. The molecule has 0 bridgehead atoms. The summed E-state index contributed by atoms with van der Waals surface area (Å²) in [5.74, 6) is -0.785. The molecule has 3 N–H and O–H groups in total. The predicted octanol–water partition coefficient (Wildman–Crippen LogP) is 4.44. The summed E-state index contributed by atoms with van der Waals surface area (Å²) in [5.41, 5.74) is 9.92. The van der Waals surface area contributed by atoms with Gasteiger partial charge in [-0.25, -0.2) is 0 Å². The number of hydrogen-bond donors (Lipinski definition) is 2. The smallest absolute Gasteiger partial charge is 0.266 e. The van der Waals surface area contributed by atoms with Crippen LogP contribution in [-0.4, -0.2) is 11.8 Å². The van der Waals surface area contributed by atoms with Gasteiger partial charge in [0.25, 0.3) is 11.8 Å². The highest BCUT2D eigenvalue weighted by molar-refractivity contribution is 7.15. The third kappa shape index (κ3) is 3.11. The van der Waals surface area contributed by atoms with Crippen LogP contribution in [0, 0.1) is 13.8 Å². The number of benzene rings is 1. The van der Waals surface area contributed by atoms with Crippen LogP contribution in [0.25, 0.3) is 11.1 Å². The van der Waals surface area contributed by atoms with Crippen LogP contribution in [0.5, 0.6) is 0 Å². The first kappa shape index (κ1) is 16.4. The quantitative estimate of drug-likeness (QED) is 0.725. The van der Waals surface area contributed by atoms with Crippen LogP contribution < -0.4 is 11.1 Å². The van der Waals surface area contributed by atoms with Crippen molar-refractivity contribution >= 4 is 39.5 Å². The fraction of sp³-hybridized carbons (Fsp3) is 0.111. The van der Waals surface area contributed by atoms with E-state index in [0.717, 1.165) is 16.7 Å². The zero-order valence-electron chi connectivity index (χ0n) is 13.3. The zero-order chi connectivity index (χ0) is 17.3. The molecular weight excluding hydrogens is 340 g/mol. The molecule has 0 radical (unpaired) electrons. The van der Waals surface area contributed by atoms with E-state index in [1.807, 2.05) is 48.9 Å². The summed E-state index contributed by atoms with van der Waals surface area (Å²) in [7, 11) is 0. The highest BCUT2D eigenvalue weighted by atomic mass is 32.1. The van der Waals surface area contributed by atoms with E-state index in [9.17, 15) is 9.59 Å². The number of primary amides is 1. The molecule has 3 rings (SSSR count). The van der Waals surface area contributed by atoms with E-state index in [2.05, 4.69) is 5.32 Å². The van der Waals surface area contributed by atoms with Crippen LogP contribution in [0.4, 0.5) is 5.00 Å². The molecule has 0 fully saturated rings. The Morgan fingerprint density at radius 1 is 1.08 bits per heavy atom. The molecule has 3 aromatic rings. The Morgan fingerprint density at radius 3 is 2.50 bits per heavy atom. The van der Waals surface area contributed by atoms with E-state index in [0.29, 0.717) is 15.4 Å². The van der Waals surface area contributed by atoms with Crippen molar-refractivity contribution in [3.63, 3.8) is 0 Å². The number of thiophene rings is 2. The van der Waals surface area contributed by atoms with Crippen molar-refractivity contribution in [1.29, 1.82) is 0 Å². The highest BCUT2D eigenvalue weighted by Crippen LogP contribution is 2.36. The molecule has 0 saturated heterocycles. The second-order valence-electron chi connectivity index (χ2n) is 5.45. The topological polar surface area (TPSA) is 72.2 Å². The van der Waals surface area contributed by atoms with Crippen LogP contribution in [0.3, 0.4) is 0 Å². The highest BCUT2D eigenvalue weighted by Gasteiger charge is 2.20. The van der Waals surface area contributed by atoms with Gasteiger partial charge in [0.1, 0.15) is 5.00 Å². The maximum atomic E-state index is 12.2. The Balaban J connectivity index is 2.00. The molecule has 4 nitrogen and oxygen atoms in total. The van der Waals surface area contributed by atoms with E-state index in [-0.39, 0.29) is 5.91 Å². The van der Waals surface area contributed by atoms with Crippen LogP contribution in [0.2, 0.25) is 0 Å². The first-order valence-electron chi connectivity index (χ1n) is 7.31. The van der Waals surface area contributed by atoms with Gasteiger partial charge in [0.2, 0.25) is 0 Å². The van der Waals surface area contributed by atoms with E-state index in [4.69, 9.17) is 5.73 Å². The van der Waals surface area contributed by atoms with E-state index in [1.54, 1.807) is 6.07 Å². The molecule has 0 atom stereocenters. The Bertz CT molecular complexity index is 911. The van der Waals surface area contributed by atoms with Gasteiger partial charge in [0.15, 0.2) is 0 Å². The van der Waals surface area contributed by atoms with Crippen molar-refractivity contribution in [2.24, 2.45) is 5.73 Å². The minimum Gasteiger partial charge on any atom is -0.365 e. The number of amides is 2. The van der Waals surface area contributed by atoms with Gasteiger partial charge in [0.05, 0.1) is 10.4 Å². The average molecular weight is 356 g/mol. The molecule has 0 aliphatic heterocycles. The van der Waals surface area contributed by atoms with Crippen LogP contribution in [0.1, 0.15) is 31.2 Å². The lowest BCUT2D eigenvalue weighted by molar-refractivity contribution is 0.100. The third-order valence-corrected chi connectivity index (χ3v) is 5.59. The first-order valence-corrected chi connectivity index (χ1v) is 9.07. The normalized spacial score (nSPS) is 10.6. The summed E-state index contributed by atoms with van der Waals surface area (Å²) in [6.07, 6.45) is 0. The number of anilines is 1. The molecule has 0 unspecified atom stereocenters. The van der Waals surface area contributed by atoms with Crippen molar-refractivity contribution < 1.29 is 9.59 Å². The lowest BCUT2D eigenvalue weighted by atomic mass is 9.99. The summed E-state index contributed by atoms with van der Waals surface area (Å²) in [5, 5.41) is 6.97. The molecular formula is C18H16N2O2S2. The van der Waals surface area contributed by atoms with E-state index in [1.165, 1.54) is 28.2 Å². The number of rotatable bonds is 4. The maximum Gasteiger partial charge on any atom is 0.266 e. The predicted molar refractivity (Wildman–Crippen MR) is 100 cm³/mol. The standard InChI is InChI=1S/C18H16N2O2S2/c1-10-5-6-12(8-11(10)2)13-9-24-18(15(13)16(19)21)20-17(22)14-4-3-7-23-14/h3-9H,1-2H3,(H2,19,21)(H,20,22). The Hall–Kier alpha value is -2.44. The second-order valence-corrected chi connectivity index (χ2v) is 7.28. The monoisotopic (exact) mass is 356 g/mol. The van der Waals surface area contributed by atoms with Crippen molar-refractivity contribution in [2.45, 2.75) is 13.8 Å². The Kier molecular flexibility index (Phi) is 4.51. The molecule has 2 aromatic heterocycles. The summed E-state index contributed by atoms with van der Waals surface area (Å²) < 4.78 is 0. The van der Waals surface area contributed by atoms with Gasteiger partial charge in [-0.1, -0.05) is 24.3 Å². The van der Waals surface area contributed by atoms with Gasteiger partial charge in [-0.15, -0.1) is 22.7 Å². The van der Waals surface area contributed by atoms with Crippen LogP contribution in [0.15, 0.2) is 41.1 Å². The fourth-order valence-corrected chi connectivity index (χ4v) is 3.98. The fourth-order valence-electron chi connectivity index (χ4n) is 2.39. The van der Waals surface area contributed by atoms with Crippen molar-refractivity contribution in [1.82, 2.24) is 0 Å². The van der Waals surface area contributed by atoms with Gasteiger partial charge in [-0.2, -0.15) is 0 Å². The summed E-state index contributed by atoms with van der Waals surface area (Å²) in [4.78, 5) is 24.8. The largest absolute Gasteiger partial charge is 0.365 e. The molecule has 6 heteroatoms. The van der Waals surface area contributed by atoms with Gasteiger partial charge in [0, 0.05) is 10.9 Å². The van der Waals surface area contributed by atoms with Gasteiger partial charge in [-0.05, 0) is 42.0 Å². The third-order valence-electron chi connectivity index (χ3n) is 3.83. The van der Waals surface area contributed by atoms with Gasteiger partial charge >= 0.3 is 0 Å². The number of nitrogens with two attached hydrogens (primary N) is 1. The molecule has 0 aliphatic rings. The summed E-state index contributed by atoms with van der Waals surface area (Å²) >= 11 is 2.65. The number of carbonyl (C=O) groups is 2. The van der Waals surface area contributed by atoms with Crippen molar-refractivity contribution in [3.05, 3.63) is 62.7 Å². The lowest BCUT2D eigenvalue weighted by Crippen LogP contribution is -2.16. The SMILES string of the molecule is Cc1ccc(-c2csc(NC(=O)c3cccs3)c2C(N)=O)cc1C. The van der Waals surface area contributed by atoms with Gasteiger partial charge < -0.3 is 11.1 Å². The Morgan fingerprint density at radius 2 is 1.88 bits per heavy atom. The van der Waals surface area contributed by atoms with E-state index < -0.39 is 5.91 Å². The molecule has 24 heavy (non-hydrogen) atoms. The molecule has 0 spiro atoms. The van der Waals surface area contributed by atoms with Crippen LogP contribution in [-0.2, 0) is 0 Å². The molecule has 122 valence electrons. The number of aryl methyl sites for hydroxylation is 2. The van der Waals surface area contributed by atoms with Crippen LogP contribution >= 0.6 is 22.7 Å². The zero-order valence-corrected chi connectivity index (χ0v) is 14.9. The van der Waals surface area contributed by atoms with Gasteiger partial charge in [-0.3, -0.25) is 9.59 Å². The second kappa shape index (κ2) is 6.59. The number of hydrogen-bond acceptors (Lipinski definition) is 4. The average Bonchev–Trinajstić information content (AvgIpc) is 3.19. The first-order chi connectivity index (χ1) is 11.5. The van der Waals surface area contributed by atoms with Crippen molar-refractivity contribution in [2.75, 3.05) is 5.32 Å². The number of carbonyl (C=O) groups excluding carboxylic acids is 2. The molecule has 2 heterocycles. The van der Waals surface area contributed by atoms with E-state index >= 15 is 0 Å². The molecule has 0 aliphatic carbocycles. The maximum absolute atomic E-state index is 12.2. The summed E-state index contributed by atoms with van der Waals surface area (Å²) in [6, 6.07) is 9.54. The molecule has 1 aromatic carbocycles. The summed E-state index contributed by atoms with van der Waals surface area (Å²) in [6.45, 7) is 4.06. The minimum atomic E-state index is -0.550. The van der Waals surface area contributed by atoms with Crippen molar-refractivity contribution in [3.8, 4) is 11.1 Å².